The molecule has 0 spiro atoms. The Hall–Kier alpha value is -2.69. The van der Waals surface area contributed by atoms with E-state index in [-0.39, 0.29) is 0 Å². The summed E-state index contributed by atoms with van der Waals surface area (Å²) in [5.41, 5.74) is 11.0. The summed E-state index contributed by atoms with van der Waals surface area (Å²) in [5, 5.41) is 0. The van der Waals surface area contributed by atoms with E-state index in [1.165, 1.54) is 0 Å². The van der Waals surface area contributed by atoms with Gasteiger partial charge in [0.15, 0.2) is 11.6 Å². The van der Waals surface area contributed by atoms with Crippen LogP contribution in [0.1, 0.15) is 24.5 Å². The number of rotatable bonds is 3. The van der Waals surface area contributed by atoms with Crippen LogP contribution < -0.4 is 10.5 Å². The fourth-order valence-electron chi connectivity index (χ4n) is 2.41. The van der Waals surface area contributed by atoms with Gasteiger partial charge in [-0.1, -0.05) is 0 Å². The second-order valence-electron chi connectivity index (χ2n) is 4.90. The molecule has 2 aromatic rings. The minimum absolute atomic E-state index is 0.392. The normalized spacial score (nSPS) is 14.3. The lowest BCUT2D eigenvalue weighted by atomic mass is 9.99. The Morgan fingerprint density at radius 3 is 2.67 bits per heavy atom. The number of pyridine rings is 2. The summed E-state index contributed by atoms with van der Waals surface area (Å²) in [4.78, 5) is 12.9. The number of nitrogens with two attached hydrogens (primary N) is 1. The summed E-state index contributed by atoms with van der Waals surface area (Å²) in [6.45, 7) is 2.02. The van der Waals surface area contributed by atoms with Crippen LogP contribution in [0, 0.1) is 0 Å². The van der Waals surface area contributed by atoms with E-state index in [9.17, 15) is 0 Å². The Morgan fingerprint density at radius 2 is 1.95 bits per heavy atom. The highest BCUT2D eigenvalue weighted by Crippen LogP contribution is 2.36. The maximum absolute atomic E-state index is 5.78. The first-order valence-electron chi connectivity index (χ1n) is 6.66. The lowest BCUT2D eigenvalue weighted by molar-refractivity contribution is 0.415. The zero-order valence-electron chi connectivity index (χ0n) is 12.0. The van der Waals surface area contributed by atoms with Gasteiger partial charge in [0.1, 0.15) is 0 Å². The van der Waals surface area contributed by atoms with E-state index in [2.05, 4.69) is 15.0 Å². The van der Waals surface area contributed by atoms with Crippen molar-refractivity contribution >= 4 is 22.8 Å². The first kappa shape index (κ1) is 13.3. The largest absolute Gasteiger partial charge is 0.493 e. The Balaban J connectivity index is 2.12. The third-order valence-corrected chi connectivity index (χ3v) is 3.43. The maximum atomic E-state index is 5.78. The van der Waals surface area contributed by atoms with Crippen LogP contribution in [-0.2, 0) is 0 Å². The van der Waals surface area contributed by atoms with Gasteiger partial charge in [0, 0.05) is 41.8 Å². The number of nitrogen functional groups attached to an aromatic ring is 1. The highest BCUT2D eigenvalue weighted by molar-refractivity contribution is 6.09. The van der Waals surface area contributed by atoms with E-state index in [1.807, 2.05) is 25.1 Å². The van der Waals surface area contributed by atoms with Crippen molar-refractivity contribution in [2.24, 2.45) is 4.99 Å². The molecule has 0 aromatic carbocycles. The Bertz CT molecular complexity index is 735. The first-order valence-corrected chi connectivity index (χ1v) is 6.66. The minimum atomic E-state index is 0.392. The Labute approximate surface area is 123 Å². The van der Waals surface area contributed by atoms with E-state index in [0.717, 1.165) is 34.5 Å². The number of ether oxygens (including phenoxy) is 1. The van der Waals surface area contributed by atoms with Crippen molar-refractivity contribution in [1.82, 2.24) is 9.97 Å². The van der Waals surface area contributed by atoms with Gasteiger partial charge in [0.05, 0.1) is 12.8 Å². The van der Waals surface area contributed by atoms with E-state index < -0.39 is 0 Å². The molecule has 0 radical (unpaired) electrons. The fraction of sp³-hybridized carbons (Fsp3) is 0.188. The van der Waals surface area contributed by atoms with Gasteiger partial charge in [-0.2, -0.15) is 0 Å². The van der Waals surface area contributed by atoms with Crippen LogP contribution in [0.25, 0.3) is 11.3 Å². The molecule has 0 aliphatic carbocycles. The molecule has 3 heterocycles. The molecular weight excluding hydrogens is 264 g/mol. The molecule has 0 saturated carbocycles. The van der Waals surface area contributed by atoms with E-state index in [4.69, 9.17) is 10.5 Å². The zero-order valence-corrected chi connectivity index (χ0v) is 12.0. The predicted molar refractivity (Wildman–Crippen MR) is 84.0 cm³/mol. The van der Waals surface area contributed by atoms with E-state index >= 15 is 0 Å². The number of hydrogen-bond acceptors (Lipinski definition) is 5. The highest BCUT2D eigenvalue weighted by atomic mass is 16.5. The van der Waals surface area contributed by atoms with Crippen molar-refractivity contribution in [3.05, 3.63) is 47.9 Å². The molecule has 21 heavy (non-hydrogen) atoms. The molecular formula is C16H16N4O. The molecule has 0 atom stereocenters. The summed E-state index contributed by atoms with van der Waals surface area (Å²) in [6.07, 6.45) is 6.10. The molecule has 5 nitrogen and oxygen atoms in total. The fourth-order valence-corrected chi connectivity index (χ4v) is 2.41. The van der Waals surface area contributed by atoms with Gasteiger partial charge in [-0.3, -0.25) is 9.98 Å². The number of anilines is 1. The number of allylic oxidation sites excluding steroid dienone is 1. The van der Waals surface area contributed by atoms with Crippen LogP contribution in [0.4, 0.5) is 5.82 Å². The predicted octanol–water partition coefficient (Wildman–Crippen LogP) is 2.80. The van der Waals surface area contributed by atoms with Crippen LogP contribution in [0.5, 0.6) is 5.75 Å². The molecule has 0 amide bonds. The quantitative estimate of drug-likeness (QED) is 0.938. The van der Waals surface area contributed by atoms with Gasteiger partial charge in [0.2, 0.25) is 0 Å². The van der Waals surface area contributed by atoms with Crippen LogP contribution >= 0.6 is 0 Å². The average molecular weight is 280 g/mol. The molecule has 1 aliphatic rings. The Kier molecular flexibility index (Phi) is 3.39. The number of nitrogens with zero attached hydrogens (tertiary/aromatic N) is 3. The van der Waals surface area contributed by atoms with Crippen molar-refractivity contribution in [2.75, 3.05) is 12.8 Å². The number of methoxy groups -OCH3 is 1. The third kappa shape index (κ3) is 2.50. The number of aliphatic imine (C=N–C) groups is 1. The number of hydrogen-bond donors (Lipinski definition) is 1. The van der Waals surface area contributed by atoms with Gasteiger partial charge < -0.3 is 10.5 Å². The van der Waals surface area contributed by atoms with E-state index in [0.29, 0.717) is 11.6 Å². The molecule has 5 heteroatoms. The third-order valence-electron chi connectivity index (χ3n) is 3.43. The summed E-state index contributed by atoms with van der Waals surface area (Å²) >= 11 is 0. The first-order chi connectivity index (χ1) is 10.2. The van der Waals surface area contributed by atoms with Gasteiger partial charge in [-0.25, -0.2) is 4.98 Å². The highest BCUT2D eigenvalue weighted by Gasteiger charge is 2.19. The van der Waals surface area contributed by atoms with Crippen molar-refractivity contribution in [2.45, 2.75) is 13.3 Å². The van der Waals surface area contributed by atoms with Crippen molar-refractivity contribution in [3.63, 3.8) is 0 Å². The molecule has 3 rings (SSSR count). The lowest BCUT2D eigenvalue weighted by Crippen LogP contribution is -1.98. The molecule has 2 N–H and O–H groups in total. The SMILES string of the molecule is COc1cc(C2=C(c3ccncc3)N=C(C)C2)cnc1N. The van der Waals surface area contributed by atoms with Crippen molar-refractivity contribution in [1.29, 1.82) is 0 Å². The van der Waals surface area contributed by atoms with Crippen LogP contribution in [0.15, 0.2) is 41.8 Å². The van der Waals surface area contributed by atoms with Crippen LogP contribution in [0.3, 0.4) is 0 Å². The number of aromatic nitrogens is 2. The van der Waals surface area contributed by atoms with Crippen molar-refractivity contribution in [3.8, 4) is 5.75 Å². The molecule has 0 fully saturated rings. The van der Waals surface area contributed by atoms with Crippen LogP contribution in [-0.4, -0.2) is 22.8 Å². The molecule has 1 aliphatic heterocycles. The average Bonchev–Trinajstić information content (AvgIpc) is 2.90. The molecule has 0 unspecified atom stereocenters. The topological polar surface area (TPSA) is 73.4 Å². The summed E-state index contributed by atoms with van der Waals surface area (Å²) in [6, 6.07) is 5.83. The standard InChI is InChI=1S/C16H16N4O/c1-10-7-13(12-8-14(21-2)16(17)19-9-12)15(20-10)11-3-5-18-6-4-11/h3-6,8-9H,7H2,1-2H3,(H2,17,19). The van der Waals surface area contributed by atoms with Gasteiger partial charge >= 0.3 is 0 Å². The Morgan fingerprint density at radius 1 is 1.19 bits per heavy atom. The monoisotopic (exact) mass is 280 g/mol. The van der Waals surface area contributed by atoms with Crippen LogP contribution in [0.2, 0.25) is 0 Å². The van der Waals surface area contributed by atoms with Crippen molar-refractivity contribution < 1.29 is 4.74 Å². The zero-order chi connectivity index (χ0) is 14.8. The van der Waals surface area contributed by atoms with E-state index in [1.54, 1.807) is 25.7 Å². The second kappa shape index (κ2) is 5.36. The molecule has 0 bridgehead atoms. The van der Waals surface area contributed by atoms with Gasteiger partial charge in [-0.15, -0.1) is 0 Å². The summed E-state index contributed by atoms with van der Waals surface area (Å²) < 4.78 is 5.26. The minimum Gasteiger partial charge on any atom is -0.493 e. The smallest absolute Gasteiger partial charge is 0.166 e. The molecule has 2 aromatic heterocycles. The summed E-state index contributed by atoms with van der Waals surface area (Å²) in [5.74, 6) is 0.974. The second-order valence-corrected chi connectivity index (χ2v) is 4.90. The lowest BCUT2D eigenvalue weighted by Gasteiger charge is -2.09. The summed E-state index contributed by atoms with van der Waals surface area (Å²) in [7, 11) is 1.59. The van der Waals surface area contributed by atoms with Gasteiger partial charge in [-0.05, 0) is 30.7 Å². The molecule has 106 valence electrons. The maximum Gasteiger partial charge on any atom is 0.166 e. The molecule has 0 saturated heterocycles. The van der Waals surface area contributed by atoms with Gasteiger partial charge in [0.25, 0.3) is 0 Å².